The Morgan fingerprint density at radius 2 is 2.33 bits per heavy atom. The van der Waals surface area contributed by atoms with E-state index in [4.69, 9.17) is 11.6 Å². The number of guanidine groups is 1. The summed E-state index contributed by atoms with van der Waals surface area (Å²) in [7, 11) is -3.95. The zero-order valence-electron chi connectivity index (χ0n) is 13.2. The number of sulfonamides is 1. The van der Waals surface area contributed by atoms with Crippen LogP contribution in [0.2, 0.25) is 5.15 Å². The molecule has 0 spiro atoms. The fourth-order valence-corrected chi connectivity index (χ4v) is 4.81. The molecular weight excluding hydrogens is 372 g/mol. The maximum atomic E-state index is 12.8. The number of hydrogen-bond donors (Lipinski definition) is 1. The molecule has 8 nitrogen and oxygen atoms in total. The van der Waals surface area contributed by atoms with Crippen molar-refractivity contribution < 1.29 is 8.42 Å². The Kier molecular flexibility index (Phi) is 4.79. The Morgan fingerprint density at radius 1 is 1.54 bits per heavy atom. The highest BCUT2D eigenvalue weighted by molar-refractivity contribution is 7.90. The topological polar surface area (TPSA) is 91.4 Å². The minimum Gasteiger partial charge on any atom is -0.278 e. The van der Waals surface area contributed by atoms with Gasteiger partial charge in [0.25, 0.3) is 10.0 Å². The summed E-state index contributed by atoms with van der Waals surface area (Å²) in [5.74, 6) is 0.463. The number of aromatic nitrogens is 2. The number of halogens is 1. The lowest BCUT2D eigenvalue weighted by Crippen LogP contribution is -2.42. The summed E-state index contributed by atoms with van der Waals surface area (Å²) >= 11 is 7.34. The van der Waals surface area contributed by atoms with Gasteiger partial charge in [0, 0.05) is 30.3 Å². The summed E-state index contributed by atoms with van der Waals surface area (Å²) in [6.45, 7) is 4.90. The van der Waals surface area contributed by atoms with E-state index < -0.39 is 10.0 Å². The van der Waals surface area contributed by atoms with Gasteiger partial charge in [-0.15, -0.1) is 11.3 Å². The van der Waals surface area contributed by atoms with E-state index in [9.17, 15) is 8.42 Å². The Hall–Kier alpha value is -1.65. The van der Waals surface area contributed by atoms with Gasteiger partial charge in [0.1, 0.15) is 0 Å². The molecule has 0 bridgehead atoms. The van der Waals surface area contributed by atoms with Crippen molar-refractivity contribution in [1.82, 2.24) is 19.1 Å². The minimum absolute atomic E-state index is 0.0680. The first-order valence-electron chi connectivity index (χ1n) is 7.46. The predicted molar refractivity (Wildman–Crippen MR) is 95.4 cm³/mol. The van der Waals surface area contributed by atoms with Crippen LogP contribution < -0.4 is 4.72 Å². The summed E-state index contributed by atoms with van der Waals surface area (Å²) in [6.07, 6.45) is 4.35. The average molecular weight is 389 g/mol. The van der Waals surface area contributed by atoms with E-state index in [1.807, 2.05) is 13.1 Å². The van der Waals surface area contributed by atoms with Gasteiger partial charge in [0.2, 0.25) is 5.96 Å². The van der Waals surface area contributed by atoms with Crippen LogP contribution in [0.3, 0.4) is 0 Å². The standard InChI is InChI=1S/C13H17ClN6O2S2/c1-3-9-7-16-20(8-9)12(15-4-2)18-24(21,22)11-10(14)17-13-19(11)5-6-23-13/h5-7,9H,3-4,8H2,1-2H3,(H,15,18)/t9-/m1/s1. The molecule has 1 N–H and O–H groups in total. The molecule has 0 aliphatic carbocycles. The number of nitrogens with zero attached hydrogens (tertiary/aromatic N) is 5. The number of fused-ring (bicyclic) bond motifs is 1. The van der Waals surface area contributed by atoms with Crippen LogP contribution in [0.25, 0.3) is 4.96 Å². The van der Waals surface area contributed by atoms with Gasteiger partial charge in [-0.1, -0.05) is 18.5 Å². The monoisotopic (exact) mass is 388 g/mol. The number of rotatable bonds is 4. The van der Waals surface area contributed by atoms with Crippen LogP contribution in [0.15, 0.2) is 26.7 Å². The molecule has 0 unspecified atom stereocenters. The molecule has 0 fully saturated rings. The number of aliphatic imine (C=N–C) groups is 1. The molecule has 130 valence electrons. The van der Waals surface area contributed by atoms with Crippen molar-refractivity contribution in [3.8, 4) is 0 Å². The largest absolute Gasteiger partial charge is 0.283 e. The normalized spacial score (nSPS) is 18.7. The second-order valence-corrected chi connectivity index (χ2v) is 8.01. The zero-order valence-corrected chi connectivity index (χ0v) is 15.6. The van der Waals surface area contributed by atoms with E-state index >= 15 is 0 Å². The molecule has 1 aliphatic heterocycles. The van der Waals surface area contributed by atoms with E-state index in [2.05, 4.69) is 26.7 Å². The number of hydrogen-bond acceptors (Lipinski definition) is 6. The highest BCUT2D eigenvalue weighted by atomic mass is 35.5. The van der Waals surface area contributed by atoms with Crippen LogP contribution in [0.1, 0.15) is 20.3 Å². The Morgan fingerprint density at radius 3 is 3.00 bits per heavy atom. The number of imidazole rings is 1. The molecule has 3 rings (SSSR count). The molecular formula is C13H17ClN6O2S2. The third kappa shape index (κ3) is 3.13. The van der Waals surface area contributed by atoms with Crippen molar-refractivity contribution in [3.63, 3.8) is 0 Å². The van der Waals surface area contributed by atoms with Crippen LogP contribution in [0.4, 0.5) is 0 Å². The summed E-state index contributed by atoms with van der Waals surface area (Å²) < 4.78 is 29.6. The van der Waals surface area contributed by atoms with Gasteiger partial charge in [0.15, 0.2) is 15.1 Å². The SMILES string of the molecule is CCN=C(NS(=O)(=O)c1c(Cl)nc2sccn12)N1C[C@H](CC)C=N1. The quantitative estimate of drug-likeness (QED) is 0.640. The second-order valence-electron chi connectivity index (χ2n) is 5.18. The molecule has 0 aromatic carbocycles. The summed E-state index contributed by atoms with van der Waals surface area (Å²) in [4.78, 5) is 8.81. The van der Waals surface area contributed by atoms with Gasteiger partial charge in [-0.25, -0.2) is 14.7 Å². The Labute approximate surface area is 148 Å². The van der Waals surface area contributed by atoms with Gasteiger partial charge < -0.3 is 0 Å². The van der Waals surface area contributed by atoms with Crippen molar-refractivity contribution in [2.45, 2.75) is 25.3 Å². The first-order valence-corrected chi connectivity index (χ1v) is 10.2. The first-order chi connectivity index (χ1) is 11.5. The van der Waals surface area contributed by atoms with Gasteiger partial charge in [0.05, 0.1) is 6.54 Å². The Balaban J connectivity index is 1.92. The average Bonchev–Trinajstić information content (AvgIpc) is 3.20. The molecule has 0 radical (unpaired) electrons. The second kappa shape index (κ2) is 6.69. The Bertz CT molecular complexity index is 901. The van der Waals surface area contributed by atoms with E-state index in [1.54, 1.807) is 16.6 Å². The fourth-order valence-electron chi connectivity index (χ4n) is 2.33. The first kappa shape index (κ1) is 17.2. The molecule has 11 heteroatoms. The van der Waals surface area contributed by atoms with Gasteiger partial charge in [-0.3, -0.25) is 9.39 Å². The van der Waals surface area contributed by atoms with Crippen molar-refractivity contribution >= 4 is 50.1 Å². The van der Waals surface area contributed by atoms with Crippen molar-refractivity contribution in [2.75, 3.05) is 13.1 Å². The van der Waals surface area contributed by atoms with E-state index in [1.165, 1.54) is 15.7 Å². The fraction of sp³-hybridized carbons (Fsp3) is 0.462. The molecule has 0 amide bonds. The lowest BCUT2D eigenvalue weighted by Gasteiger charge is -2.19. The third-order valence-electron chi connectivity index (χ3n) is 3.56. The van der Waals surface area contributed by atoms with Crippen molar-refractivity contribution in [2.24, 2.45) is 16.0 Å². The number of nitrogens with one attached hydrogen (secondary N) is 1. The third-order valence-corrected chi connectivity index (χ3v) is 6.04. The molecule has 0 saturated heterocycles. The minimum atomic E-state index is -3.95. The van der Waals surface area contributed by atoms with E-state index in [0.29, 0.717) is 18.1 Å². The number of thiazole rings is 1. The van der Waals surface area contributed by atoms with Gasteiger partial charge >= 0.3 is 0 Å². The van der Waals surface area contributed by atoms with Crippen LogP contribution in [-0.4, -0.2) is 48.1 Å². The molecule has 1 aliphatic rings. The predicted octanol–water partition coefficient (Wildman–Crippen LogP) is 2.03. The van der Waals surface area contributed by atoms with Crippen molar-refractivity contribution in [1.29, 1.82) is 0 Å². The zero-order chi connectivity index (χ0) is 17.3. The summed E-state index contributed by atoms with van der Waals surface area (Å²) in [6, 6.07) is 0. The lowest BCUT2D eigenvalue weighted by molar-refractivity contribution is 0.429. The van der Waals surface area contributed by atoms with Crippen LogP contribution in [-0.2, 0) is 10.0 Å². The smallest absolute Gasteiger partial charge is 0.278 e. The van der Waals surface area contributed by atoms with E-state index in [-0.39, 0.29) is 22.1 Å². The van der Waals surface area contributed by atoms with Crippen LogP contribution in [0.5, 0.6) is 0 Å². The molecule has 2 aromatic rings. The van der Waals surface area contributed by atoms with Crippen LogP contribution >= 0.6 is 22.9 Å². The van der Waals surface area contributed by atoms with Crippen molar-refractivity contribution in [3.05, 3.63) is 16.7 Å². The highest BCUT2D eigenvalue weighted by Gasteiger charge is 2.29. The van der Waals surface area contributed by atoms with Crippen LogP contribution in [0, 0.1) is 5.92 Å². The molecule has 24 heavy (non-hydrogen) atoms. The summed E-state index contributed by atoms with van der Waals surface area (Å²) in [5, 5.41) is 7.39. The molecule has 2 aromatic heterocycles. The lowest BCUT2D eigenvalue weighted by atomic mass is 10.1. The molecule has 1 atom stereocenters. The van der Waals surface area contributed by atoms with E-state index in [0.717, 1.165) is 6.42 Å². The molecule has 3 heterocycles. The van der Waals surface area contributed by atoms with Gasteiger partial charge in [-0.05, 0) is 13.3 Å². The summed E-state index contributed by atoms with van der Waals surface area (Å²) in [5.41, 5.74) is 0. The molecule has 0 saturated carbocycles. The number of hydrazone groups is 1. The highest BCUT2D eigenvalue weighted by Crippen LogP contribution is 2.25. The van der Waals surface area contributed by atoms with Gasteiger partial charge in [-0.2, -0.15) is 13.5 Å². The maximum Gasteiger partial charge on any atom is 0.283 e. The maximum absolute atomic E-state index is 12.8.